The van der Waals surface area contributed by atoms with Gasteiger partial charge in [-0.3, -0.25) is 0 Å². The first-order valence-corrected chi connectivity index (χ1v) is 11.3. The summed E-state index contributed by atoms with van der Waals surface area (Å²) in [5.74, 6) is 1.59. The second kappa shape index (κ2) is 7.67. The monoisotopic (exact) mass is 401 g/mol. The van der Waals surface area contributed by atoms with Crippen LogP contribution in [0.3, 0.4) is 0 Å². The number of aryl methyl sites for hydroxylation is 2. The molecule has 1 aromatic heterocycles. The number of piperazine rings is 1. The average Bonchev–Trinajstić information content (AvgIpc) is 2.73. The van der Waals surface area contributed by atoms with Crippen molar-refractivity contribution < 1.29 is 8.42 Å². The Bertz CT molecular complexity index is 936. The van der Waals surface area contributed by atoms with Gasteiger partial charge in [-0.25, -0.2) is 8.42 Å². The van der Waals surface area contributed by atoms with Crippen LogP contribution in [-0.2, 0) is 22.9 Å². The van der Waals surface area contributed by atoms with Crippen LogP contribution in [0.4, 0.5) is 11.6 Å². The Morgan fingerprint density at radius 2 is 1.61 bits per heavy atom. The van der Waals surface area contributed by atoms with Crippen molar-refractivity contribution >= 4 is 21.7 Å². The quantitative estimate of drug-likeness (QED) is 0.780. The van der Waals surface area contributed by atoms with Gasteiger partial charge in [-0.1, -0.05) is 6.07 Å². The third-order valence-corrected chi connectivity index (χ3v) is 7.51. The molecule has 1 aliphatic heterocycles. The smallest absolute Gasteiger partial charge is 0.243 e. The maximum Gasteiger partial charge on any atom is 0.243 e. The Kier molecular flexibility index (Phi) is 5.25. The molecule has 8 heteroatoms. The molecule has 7 nitrogen and oxygen atoms in total. The summed E-state index contributed by atoms with van der Waals surface area (Å²) in [6.07, 6.45) is 4.37. The first-order chi connectivity index (χ1) is 13.4. The Morgan fingerprint density at radius 1 is 0.893 bits per heavy atom. The van der Waals surface area contributed by atoms with Crippen LogP contribution >= 0.6 is 0 Å². The number of hydrogen-bond acceptors (Lipinski definition) is 6. The molecule has 1 aromatic carbocycles. The number of sulfonamides is 1. The van der Waals surface area contributed by atoms with Gasteiger partial charge in [0.05, 0.1) is 4.90 Å². The van der Waals surface area contributed by atoms with E-state index in [0.717, 1.165) is 30.9 Å². The van der Waals surface area contributed by atoms with Gasteiger partial charge in [-0.05, 0) is 61.1 Å². The summed E-state index contributed by atoms with van der Waals surface area (Å²) in [5.41, 5.74) is 2.50. The predicted molar refractivity (Wildman–Crippen MR) is 110 cm³/mol. The summed E-state index contributed by atoms with van der Waals surface area (Å²) in [6, 6.07) is 9.53. The van der Waals surface area contributed by atoms with Gasteiger partial charge in [0.2, 0.25) is 10.0 Å². The van der Waals surface area contributed by atoms with E-state index in [-0.39, 0.29) is 0 Å². The molecule has 0 spiro atoms. The SMILES string of the molecule is CN(C)c1ccc(N2CCN(S(=O)(=O)c3ccc4c(c3)CCCC4)CC2)nn1. The van der Waals surface area contributed by atoms with Crippen molar-refractivity contribution in [3.63, 3.8) is 0 Å². The maximum absolute atomic E-state index is 13.1. The van der Waals surface area contributed by atoms with Crippen LogP contribution in [0.25, 0.3) is 0 Å². The Balaban J connectivity index is 1.45. The van der Waals surface area contributed by atoms with Crippen LogP contribution in [0.1, 0.15) is 24.0 Å². The third kappa shape index (κ3) is 3.71. The van der Waals surface area contributed by atoms with Gasteiger partial charge in [-0.2, -0.15) is 4.31 Å². The van der Waals surface area contributed by atoms with E-state index in [0.29, 0.717) is 31.1 Å². The van der Waals surface area contributed by atoms with Crippen LogP contribution in [0, 0.1) is 0 Å². The fraction of sp³-hybridized carbons (Fsp3) is 0.500. The third-order valence-electron chi connectivity index (χ3n) is 5.61. The molecule has 28 heavy (non-hydrogen) atoms. The number of anilines is 2. The molecule has 2 aliphatic rings. The molecular formula is C20H27N5O2S. The zero-order valence-corrected chi connectivity index (χ0v) is 17.3. The van der Waals surface area contributed by atoms with Crippen molar-refractivity contribution in [3.05, 3.63) is 41.5 Å². The number of rotatable bonds is 4. The van der Waals surface area contributed by atoms with Crippen molar-refractivity contribution in [1.82, 2.24) is 14.5 Å². The number of fused-ring (bicyclic) bond motifs is 1. The molecule has 0 amide bonds. The van der Waals surface area contributed by atoms with Crippen molar-refractivity contribution in [3.8, 4) is 0 Å². The summed E-state index contributed by atoms with van der Waals surface area (Å²) in [4.78, 5) is 4.42. The second-order valence-electron chi connectivity index (χ2n) is 7.67. The van der Waals surface area contributed by atoms with Crippen molar-refractivity contribution in [2.45, 2.75) is 30.6 Å². The highest BCUT2D eigenvalue weighted by Gasteiger charge is 2.29. The van der Waals surface area contributed by atoms with E-state index in [1.54, 1.807) is 10.4 Å². The molecule has 0 radical (unpaired) electrons. The molecule has 2 heterocycles. The van der Waals surface area contributed by atoms with Gasteiger partial charge in [-0.15, -0.1) is 10.2 Å². The van der Waals surface area contributed by atoms with Gasteiger partial charge in [0.15, 0.2) is 11.6 Å². The topological polar surface area (TPSA) is 69.6 Å². The van der Waals surface area contributed by atoms with Crippen LogP contribution in [0.5, 0.6) is 0 Å². The highest BCUT2D eigenvalue weighted by molar-refractivity contribution is 7.89. The largest absolute Gasteiger partial charge is 0.361 e. The van der Waals surface area contributed by atoms with Gasteiger partial charge in [0, 0.05) is 40.3 Å². The van der Waals surface area contributed by atoms with Gasteiger partial charge < -0.3 is 9.80 Å². The number of hydrogen-bond donors (Lipinski definition) is 0. The summed E-state index contributed by atoms with van der Waals surface area (Å²) >= 11 is 0. The van der Waals surface area contributed by atoms with Crippen molar-refractivity contribution in [1.29, 1.82) is 0 Å². The first-order valence-electron chi connectivity index (χ1n) is 9.83. The lowest BCUT2D eigenvalue weighted by atomic mass is 9.92. The average molecular weight is 402 g/mol. The van der Waals surface area contributed by atoms with E-state index >= 15 is 0 Å². The van der Waals surface area contributed by atoms with E-state index < -0.39 is 10.0 Å². The zero-order chi connectivity index (χ0) is 19.7. The number of nitrogens with zero attached hydrogens (tertiary/aromatic N) is 5. The maximum atomic E-state index is 13.1. The van der Waals surface area contributed by atoms with Crippen molar-refractivity contribution in [2.24, 2.45) is 0 Å². The van der Waals surface area contributed by atoms with Crippen LogP contribution in [-0.4, -0.2) is 63.2 Å². The summed E-state index contributed by atoms with van der Waals surface area (Å²) < 4.78 is 27.8. The minimum Gasteiger partial charge on any atom is -0.361 e. The minimum absolute atomic E-state index is 0.428. The van der Waals surface area contributed by atoms with E-state index in [4.69, 9.17) is 0 Å². The molecule has 1 fully saturated rings. The molecule has 0 unspecified atom stereocenters. The lowest BCUT2D eigenvalue weighted by Gasteiger charge is -2.34. The van der Waals surface area contributed by atoms with Crippen LogP contribution in [0.2, 0.25) is 0 Å². The van der Waals surface area contributed by atoms with E-state index in [9.17, 15) is 8.42 Å². The molecule has 1 aliphatic carbocycles. The van der Waals surface area contributed by atoms with E-state index in [2.05, 4.69) is 15.1 Å². The van der Waals surface area contributed by atoms with E-state index in [1.165, 1.54) is 17.5 Å². The number of benzene rings is 1. The lowest BCUT2D eigenvalue weighted by Crippen LogP contribution is -2.49. The Labute approximate surface area is 167 Å². The molecular weight excluding hydrogens is 374 g/mol. The molecule has 0 saturated carbocycles. The molecule has 2 aromatic rings. The van der Waals surface area contributed by atoms with Gasteiger partial charge in [0.25, 0.3) is 0 Å². The van der Waals surface area contributed by atoms with Gasteiger partial charge in [0.1, 0.15) is 0 Å². The zero-order valence-electron chi connectivity index (χ0n) is 16.5. The normalized spacial score (nSPS) is 18.0. The second-order valence-corrected chi connectivity index (χ2v) is 9.61. The summed E-state index contributed by atoms with van der Waals surface area (Å²) in [6.45, 7) is 2.13. The highest BCUT2D eigenvalue weighted by atomic mass is 32.2. The van der Waals surface area contributed by atoms with Crippen LogP contribution in [0.15, 0.2) is 35.2 Å². The fourth-order valence-electron chi connectivity index (χ4n) is 3.90. The van der Waals surface area contributed by atoms with Crippen LogP contribution < -0.4 is 9.80 Å². The lowest BCUT2D eigenvalue weighted by molar-refractivity contribution is 0.383. The molecule has 0 atom stereocenters. The first kappa shape index (κ1) is 19.1. The summed E-state index contributed by atoms with van der Waals surface area (Å²) in [5, 5.41) is 8.50. The Morgan fingerprint density at radius 3 is 2.25 bits per heavy atom. The molecule has 1 saturated heterocycles. The number of aromatic nitrogens is 2. The standard InChI is InChI=1S/C20H27N5O2S/c1-23(2)19-9-10-20(22-21-19)24-11-13-25(14-12-24)28(26,27)18-8-7-16-5-3-4-6-17(16)15-18/h7-10,15H,3-6,11-14H2,1-2H3. The summed E-state index contributed by atoms with van der Waals surface area (Å²) in [7, 11) is 0.394. The van der Waals surface area contributed by atoms with E-state index in [1.807, 2.05) is 43.3 Å². The minimum atomic E-state index is -3.46. The molecule has 0 bridgehead atoms. The van der Waals surface area contributed by atoms with Crippen molar-refractivity contribution in [2.75, 3.05) is 50.1 Å². The molecule has 4 rings (SSSR count). The molecule has 0 N–H and O–H groups in total. The highest BCUT2D eigenvalue weighted by Crippen LogP contribution is 2.26. The predicted octanol–water partition coefficient (Wildman–Crippen LogP) is 1.93. The Hall–Kier alpha value is -2.19. The van der Waals surface area contributed by atoms with Gasteiger partial charge >= 0.3 is 0 Å². The fourth-order valence-corrected chi connectivity index (χ4v) is 5.38. The molecule has 150 valence electrons.